The molecule has 0 spiro atoms. The molecule has 0 saturated carbocycles. The molecule has 0 aromatic heterocycles. The predicted octanol–water partition coefficient (Wildman–Crippen LogP) is -0.720. The topological polar surface area (TPSA) is 171 Å². The van der Waals surface area contributed by atoms with Gasteiger partial charge in [0.15, 0.2) is 0 Å². The van der Waals surface area contributed by atoms with Gasteiger partial charge < -0.3 is 32.9 Å². The zero-order chi connectivity index (χ0) is 0. The molecule has 0 unspecified atom stereocenters. The molecule has 0 heterocycles. The maximum absolute atomic E-state index is 0. The fourth-order valence-electron chi connectivity index (χ4n) is 0. The van der Waals surface area contributed by atoms with Crippen LogP contribution in [0, 0.1) is 0 Å². The van der Waals surface area contributed by atoms with E-state index in [0.29, 0.717) is 0 Å². The smallest absolute Gasteiger partial charge is 2.00 e. The summed E-state index contributed by atoms with van der Waals surface area (Å²) in [5.74, 6) is 0. The Kier molecular flexibility index (Phi) is 9080. The van der Waals surface area contributed by atoms with Crippen LogP contribution in [0.2, 0.25) is 0 Å². The summed E-state index contributed by atoms with van der Waals surface area (Å²) in [5, 5.41) is 0. The van der Waals surface area contributed by atoms with Crippen molar-refractivity contribution in [2.75, 3.05) is 0 Å². The van der Waals surface area contributed by atoms with Crippen molar-refractivity contribution in [3.8, 4) is 0 Å². The summed E-state index contributed by atoms with van der Waals surface area (Å²) in [6.07, 6.45) is 0. The largest absolute Gasteiger partial charge is 5.00 e. The van der Waals surface area contributed by atoms with Gasteiger partial charge in [0.05, 0.1) is 0 Å². The Morgan fingerprint density at radius 3 is 0.444 bits per heavy atom. The molecule has 1 radical (unpaired) electrons. The third-order valence-electron chi connectivity index (χ3n) is 0. The SMILES string of the molecule is [Cr+3].[Nb+5].[O-2].[O-2].[O-2].[O-2].[O-2].[O-2].[Ti+4]. The van der Waals surface area contributed by atoms with E-state index < -0.39 is 0 Å². The van der Waals surface area contributed by atoms with E-state index in [0.717, 1.165) is 0 Å². The summed E-state index contributed by atoms with van der Waals surface area (Å²) < 4.78 is 0. The van der Waals surface area contributed by atoms with E-state index in [4.69, 9.17) is 0 Å². The zero-order valence-corrected chi connectivity index (χ0v) is 8.84. The van der Waals surface area contributed by atoms with Crippen LogP contribution in [0.1, 0.15) is 0 Å². The molecule has 0 aliphatic carbocycles. The first-order valence-electron chi connectivity index (χ1n) is 0. The minimum atomic E-state index is 0. The maximum atomic E-state index is 0. The summed E-state index contributed by atoms with van der Waals surface area (Å²) in [5.41, 5.74) is 0. The van der Waals surface area contributed by atoms with Gasteiger partial charge in [0.1, 0.15) is 0 Å². The third kappa shape index (κ3) is 192. The average Bonchev–Trinajstić information content (AvgIpc) is 0. The van der Waals surface area contributed by atoms with Gasteiger partial charge in [-0.3, -0.25) is 0 Å². The molecule has 0 aliphatic rings. The Hall–Kier alpha value is 1.75. The van der Waals surface area contributed by atoms with Crippen molar-refractivity contribution in [1.82, 2.24) is 0 Å². The van der Waals surface area contributed by atoms with Crippen LogP contribution in [0.4, 0.5) is 0 Å². The third-order valence-corrected chi connectivity index (χ3v) is 0. The molecule has 0 aromatic carbocycles. The van der Waals surface area contributed by atoms with Crippen molar-refractivity contribution in [3.63, 3.8) is 0 Å². The second-order valence-electron chi connectivity index (χ2n) is 0. The van der Waals surface area contributed by atoms with Crippen LogP contribution in [0.25, 0.3) is 0 Å². The molecule has 0 aliphatic heterocycles. The summed E-state index contributed by atoms with van der Waals surface area (Å²) in [4.78, 5) is 0. The minimum absolute atomic E-state index is 0. The van der Waals surface area contributed by atoms with Crippen molar-refractivity contribution in [2.24, 2.45) is 0 Å². The van der Waals surface area contributed by atoms with Crippen molar-refractivity contribution in [1.29, 1.82) is 0 Å². The number of rotatable bonds is 0. The fourth-order valence-corrected chi connectivity index (χ4v) is 0. The molecule has 0 atom stereocenters. The van der Waals surface area contributed by atoms with E-state index in [9.17, 15) is 0 Å². The van der Waals surface area contributed by atoms with Crippen molar-refractivity contribution in [3.05, 3.63) is 0 Å². The quantitative estimate of drug-likeness (QED) is 0.512. The average molecular weight is 289 g/mol. The number of hydrogen-bond acceptors (Lipinski definition) is 0. The van der Waals surface area contributed by atoms with Gasteiger partial charge in [-0.25, -0.2) is 0 Å². The van der Waals surface area contributed by atoms with E-state index in [2.05, 4.69) is 0 Å². The Balaban J connectivity index is 0. The molecule has 0 bridgehead atoms. The second kappa shape index (κ2) is 244. The molecule has 0 N–H and O–H groups in total. The van der Waals surface area contributed by atoms with Gasteiger partial charge in [-0.15, -0.1) is 0 Å². The van der Waals surface area contributed by atoms with Crippen molar-refractivity contribution in [2.45, 2.75) is 0 Å². The molecule has 9 heavy (non-hydrogen) atoms. The van der Waals surface area contributed by atoms with Gasteiger partial charge in [0.25, 0.3) is 0 Å². The van der Waals surface area contributed by atoms with Crippen LogP contribution in [0.15, 0.2) is 0 Å². The molecular formula is CrNbO6Ti. The van der Waals surface area contributed by atoms with Crippen molar-refractivity contribution >= 4 is 0 Å². The van der Waals surface area contributed by atoms with Crippen LogP contribution in [0.3, 0.4) is 0 Å². The Labute approximate surface area is 93.8 Å². The molecule has 9 heteroatoms. The van der Waals surface area contributed by atoms with Crippen LogP contribution in [-0.2, 0) is 94.3 Å². The van der Waals surface area contributed by atoms with E-state index >= 15 is 0 Å². The molecule has 0 fully saturated rings. The van der Waals surface area contributed by atoms with Gasteiger partial charge in [-0.05, 0) is 0 Å². The van der Waals surface area contributed by atoms with E-state index in [-0.39, 0.29) is 94.3 Å². The van der Waals surface area contributed by atoms with E-state index in [1.165, 1.54) is 0 Å². The van der Waals surface area contributed by atoms with Gasteiger partial charge in [0.2, 0.25) is 0 Å². The monoisotopic (exact) mass is 289 g/mol. The fraction of sp³-hybridized carbons (Fsp3) is 0. The van der Waals surface area contributed by atoms with Gasteiger partial charge in [0, 0.05) is 0 Å². The normalized spacial score (nSPS) is 0. The molecule has 0 aromatic rings. The van der Waals surface area contributed by atoms with Crippen LogP contribution < -0.4 is 0 Å². The summed E-state index contributed by atoms with van der Waals surface area (Å²) in [7, 11) is 0. The molecular weight excluding hydrogens is 289 g/mol. The first-order valence-corrected chi connectivity index (χ1v) is 0. The van der Waals surface area contributed by atoms with Gasteiger partial charge >= 0.3 is 61.5 Å². The van der Waals surface area contributed by atoms with Gasteiger partial charge in [-0.2, -0.15) is 0 Å². The predicted molar refractivity (Wildman–Crippen MR) is 4.12 cm³/mol. The molecule has 51 valence electrons. The molecule has 0 amide bonds. The van der Waals surface area contributed by atoms with Crippen LogP contribution in [-0.4, -0.2) is 0 Å². The summed E-state index contributed by atoms with van der Waals surface area (Å²) in [6, 6.07) is 0. The minimum Gasteiger partial charge on any atom is -2.00 e. The standard InChI is InChI=1S/Cr.Nb.6O.Ti/q+3;+5;6*-2;+4. The van der Waals surface area contributed by atoms with E-state index in [1.54, 1.807) is 0 Å². The Bertz CT molecular complexity index is 13.0. The molecule has 6 nitrogen and oxygen atoms in total. The molecule has 0 rings (SSSR count). The zero-order valence-electron chi connectivity index (χ0n) is 3.80. The Morgan fingerprint density at radius 1 is 0.444 bits per heavy atom. The first-order chi connectivity index (χ1) is 0. The Morgan fingerprint density at radius 2 is 0.444 bits per heavy atom. The molecule has 0 saturated heterocycles. The first kappa shape index (κ1) is 335. The van der Waals surface area contributed by atoms with Gasteiger partial charge in [-0.1, -0.05) is 0 Å². The second-order valence-corrected chi connectivity index (χ2v) is 0. The summed E-state index contributed by atoms with van der Waals surface area (Å²) >= 11 is 0. The maximum Gasteiger partial charge on any atom is 5.00 e. The number of hydrogen-bond donors (Lipinski definition) is 0. The van der Waals surface area contributed by atoms with Crippen LogP contribution in [0.5, 0.6) is 0 Å². The van der Waals surface area contributed by atoms with Crippen LogP contribution >= 0.6 is 0 Å². The van der Waals surface area contributed by atoms with Crippen molar-refractivity contribution < 1.29 is 94.3 Å². The van der Waals surface area contributed by atoms with E-state index in [1.807, 2.05) is 0 Å². The summed E-state index contributed by atoms with van der Waals surface area (Å²) in [6.45, 7) is 0.